The van der Waals surface area contributed by atoms with Gasteiger partial charge in [0.15, 0.2) is 0 Å². The molecule has 1 aromatic carbocycles. The number of carboxylic acid groups (broad SMARTS) is 2. The topological polar surface area (TPSA) is 156 Å². The monoisotopic (exact) mass is 674 g/mol. The molecule has 0 atom stereocenters. The number of alkyl halides is 6. The highest BCUT2D eigenvalue weighted by Crippen LogP contribution is 2.31. The molecule has 4 rings (SSSR count). The van der Waals surface area contributed by atoms with E-state index in [0.717, 1.165) is 46.2 Å². The minimum Gasteiger partial charge on any atom is -0.475 e. The quantitative estimate of drug-likeness (QED) is 0.275. The first kappa shape index (κ1) is 36.9. The molecule has 0 amide bonds. The Morgan fingerprint density at radius 2 is 1.56 bits per heavy atom. The molecule has 20 heteroatoms. The van der Waals surface area contributed by atoms with Crippen molar-refractivity contribution in [3.05, 3.63) is 69.7 Å². The highest BCUT2D eigenvalue weighted by molar-refractivity contribution is 7.15. The smallest absolute Gasteiger partial charge is 0.475 e. The normalized spacial score (nSPS) is 13.2. The molecule has 1 saturated heterocycles. The molecule has 45 heavy (non-hydrogen) atoms. The summed E-state index contributed by atoms with van der Waals surface area (Å²) >= 11 is 1.60. The number of nitrogens with zero attached hydrogens (tertiary/aromatic N) is 4. The van der Waals surface area contributed by atoms with Gasteiger partial charge in [-0.3, -0.25) is 4.57 Å². The van der Waals surface area contributed by atoms with Crippen LogP contribution in [0.5, 0.6) is 0 Å². The zero-order valence-electron chi connectivity index (χ0n) is 22.9. The van der Waals surface area contributed by atoms with Gasteiger partial charge >= 0.3 is 30.0 Å². The lowest BCUT2D eigenvalue weighted by molar-refractivity contribution is -0.193. The second-order valence-corrected chi connectivity index (χ2v) is 10.1. The van der Waals surface area contributed by atoms with Crippen LogP contribution in [-0.2, 0) is 22.7 Å². The number of benzene rings is 1. The summed E-state index contributed by atoms with van der Waals surface area (Å²) in [5.74, 6) is -5.51. The summed E-state index contributed by atoms with van der Waals surface area (Å²) in [6.07, 6.45) is -10.7. The van der Waals surface area contributed by atoms with Crippen molar-refractivity contribution in [2.75, 3.05) is 37.6 Å². The van der Waals surface area contributed by atoms with Gasteiger partial charge in [-0.1, -0.05) is 12.1 Å². The van der Waals surface area contributed by atoms with Crippen LogP contribution in [0.25, 0.3) is 10.4 Å². The Kier molecular flexibility index (Phi) is 13.2. The van der Waals surface area contributed by atoms with Gasteiger partial charge in [-0.25, -0.2) is 19.1 Å². The van der Waals surface area contributed by atoms with Crippen LogP contribution < -0.4 is 21.6 Å². The lowest BCUT2D eigenvalue weighted by Crippen LogP contribution is -2.43. The van der Waals surface area contributed by atoms with Crippen LogP contribution in [0.3, 0.4) is 0 Å². The molecule has 3 heterocycles. The van der Waals surface area contributed by atoms with Crippen LogP contribution in [0.15, 0.2) is 59.2 Å². The molecular formula is C25H26F8N6O5S. The third-order valence-corrected chi connectivity index (χ3v) is 6.86. The van der Waals surface area contributed by atoms with Gasteiger partial charge in [0.05, 0.1) is 13.1 Å². The molecule has 248 valence electrons. The maximum atomic E-state index is 12.8. The summed E-state index contributed by atoms with van der Waals surface area (Å²) in [7, 11) is 0. The van der Waals surface area contributed by atoms with E-state index >= 15 is 0 Å². The van der Waals surface area contributed by atoms with Crippen LogP contribution in [0.1, 0.15) is 4.88 Å². The first-order valence-electron chi connectivity index (χ1n) is 12.5. The van der Waals surface area contributed by atoms with Crippen LogP contribution >= 0.6 is 11.3 Å². The first-order valence-corrected chi connectivity index (χ1v) is 13.4. The standard InChI is InChI=1S/C21H24F2N6OS.2C2HF3O2/c22-20(23)16(11-24)12-29-21(30)28(14-26-29)13-18-4-5-19(31-18)15-2-1-3-17(10-15)27-8-6-25-7-9-27;2*3-2(4,5)1(6)7/h1-5,10,14,25H,6-9,11-13,24H2;2*(H,6,7). The summed E-state index contributed by atoms with van der Waals surface area (Å²) in [4.78, 5) is 34.7. The predicted molar refractivity (Wildman–Crippen MR) is 146 cm³/mol. The molecule has 0 saturated carbocycles. The van der Waals surface area contributed by atoms with E-state index in [0.29, 0.717) is 6.54 Å². The van der Waals surface area contributed by atoms with Crippen molar-refractivity contribution < 1.29 is 54.9 Å². The SMILES string of the molecule is NCC(Cn1ncn(Cc2ccc(-c3cccc(N4CCNCC4)c3)s2)c1=O)=C(F)F.O=C(O)C(F)(F)F.O=C(O)C(F)(F)F. The molecule has 0 unspecified atom stereocenters. The number of anilines is 1. The third kappa shape index (κ3) is 11.6. The summed E-state index contributed by atoms with van der Waals surface area (Å²) in [6.45, 7) is 3.65. The average molecular weight is 675 g/mol. The molecule has 11 nitrogen and oxygen atoms in total. The van der Waals surface area contributed by atoms with Gasteiger partial charge in [0.2, 0.25) is 0 Å². The van der Waals surface area contributed by atoms with Gasteiger partial charge in [-0.2, -0.15) is 40.2 Å². The zero-order valence-corrected chi connectivity index (χ0v) is 23.7. The van der Waals surface area contributed by atoms with E-state index in [1.165, 1.54) is 16.6 Å². The van der Waals surface area contributed by atoms with Crippen molar-refractivity contribution in [3.63, 3.8) is 0 Å². The molecule has 3 aromatic rings. The van der Waals surface area contributed by atoms with Gasteiger partial charge < -0.3 is 26.2 Å². The second kappa shape index (κ2) is 16.1. The van der Waals surface area contributed by atoms with E-state index in [2.05, 4.69) is 39.6 Å². The number of aliphatic carboxylic acids is 2. The highest BCUT2D eigenvalue weighted by atomic mass is 32.1. The van der Waals surface area contributed by atoms with Crippen molar-refractivity contribution >= 4 is 29.0 Å². The van der Waals surface area contributed by atoms with Gasteiger partial charge in [-0.15, -0.1) is 11.3 Å². The Morgan fingerprint density at radius 1 is 0.978 bits per heavy atom. The molecular weight excluding hydrogens is 648 g/mol. The number of piperazine rings is 1. The summed E-state index contributed by atoms with van der Waals surface area (Å²) in [6, 6.07) is 12.5. The van der Waals surface area contributed by atoms with E-state index in [9.17, 15) is 39.9 Å². The Morgan fingerprint density at radius 3 is 2.07 bits per heavy atom. The van der Waals surface area contributed by atoms with Crippen LogP contribution in [-0.4, -0.2) is 81.6 Å². The molecule has 1 fully saturated rings. The number of nitrogens with two attached hydrogens (primary N) is 1. The Hall–Kier alpha value is -4.30. The van der Waals surface area contributed by atoms with Gasteiger partial charge in [-0.05, 0) is 29.8 Å². The maximum Gasteiger partial charge on any atom is 0.490 e. The summed E-state index contributed by atoms with van der Waals surface area (Å²) in [5.41, 5.74) is 6.92. The predicted octanol–water partition coefficient (Wildman–Crippen LogP) is 3.61. The van der Waals surface area contributed by atoms with Crippen molar-refractivity contribution in [2.24, 2.45) is 5.73 Å². The van der Waals surface area contributed by atoms with Gasteiger partial charge in [0, 0.05) is 53.7 Å². The fraction of sp³-hybridized carbons (Fsp3) is 0.360. The summed E-state index contributed by atoms with van der Waals surface area (Å²) < 4.78 is 91.5. The molecule has 1 aliphatic heterocycles. The summed E-state index contributed by atoms with van der Waals surface area (Å²) in [5, 5.41) is 21.6. The average Bonchev–Trinajstić information content (AvgIpc) is 3.58. The Balaban J connectivity index is 0.000000421. The van der Waals surface area contributed by atoms with Crippen molar-refractivity contribution in [3.8, 4) is 10.4 Å². The minimum atomic E-state index is -5.08. The largest absolute Gasteiger partial charge is 0.490 e. The number of thiophene rings is 1. The molecule has 1 aliphatic rings. The van der Waals surface area contributed by atoms with Crippen molar-refractivity contribution in [1.29, 1.82) is 0 Å². The highest BCUT2D eigenvalue weighted by Gasteiger charge is 2.38. The fourth-order valence-corrected chi connectivity index (χ4v) is 4.54. The molecule has 2 aromatic heterocycles. The Labute approximate surface area is 252 Å². The van der Waals surface area contributed by atoms with E-state index in [1.54, 1.807) is 11.3 Å². The molecule has 0 radical (unpaired) electrons. The van der Waals surface area contributed by atoms with Gasteiger partial charge in [0.1, 0.15) is 6.33 Å². The van der Waals surface area contributed by atoms with Crippen molar-refractivity contribution in [2.45, 2.75) is 25.4 Å². The number of nitrogens with one attached hydrogen (secondary N) is 1. The van der Waals surface area contributed by atoms with E-state index in [1.807, 2.05) is 12.1 Å². The Bertz CT molecular complexity index is 1500. The van der Waals surface area contributed by atoms with E-state index in [4.69, 9.17) is 25.5 Å². The lowest BCUT2D eigenvalue weighted by atomic mass is 10.1. The number of halogens is 8. The molecule has 5 N–H and O–H groups in total. The molecule has 0 bridgehead atoms. The number of hydrogen-bond acceptors (Lipinski definition) is 8. The molecule has 0 aliphatic carbocycles. The van der Waals surface area contributed by atoms with Crippen molar-refractivity contribution in [1.82, 2.24) is 19.7 Å². The van der Waals surface area contributed by atoms with Crippen LogP contribution in [0.2, 0.25) is 0 Å². The van der Waals surface area contributed by atoms with E-state index < -0.39 is 36.1 Å². The first-order chi connectivity index (χ1) is 20.9. The second-order valence-electron chi connectivity index (χ2n) is 8.93. The zero-order chi connectivity index (χ0) is 33.9. The minimum absolute atomic E-state index is 0.296. The number of hydrogen-bond donors (Lipinski definition) is 4. The molecule has 0 spiro atoms. The fourth-order valence-electron chi connectivity index (χ4n) is 3.54. The number of carbonyl (C=O) groups is 2. The number of aromatic nitrogens is 3. The van der Waals surface area contributed by atoms with E-state index in [-0.39, 0.29) is 18.7 Å². The number of carboxylic acids is 2. The lowest BCUT2D eigenvalue weighted by Gasteiger charge is -2.29. The number of rotatable bonds is 7. The maximum absolute atomic E-state index is 12.8. The van der Waals surface area contributed by atoms with Crippen LogP contribution in [0, 0.1) is 0 Å². The third-order valence-electron chi connectivity index (χ3n) is 5.74. The van der Waals surface area contributed by atoms with Crippen LogP contribution in [0.4, 0.5) is 40.8 Å². The van der Waals surface area contributed by atoms with Gasteiger partial charge in [0.25, 0.3) is 6.08 Å².